The molecule has 0 aliphatic heterocycles. The Kier molecular flexibility index (Phi) is 3.92. The second-order valence-corrected chi connectivity index (χ2v) is 6.57. The van der Waals surface area contributed by atoms with Gasteiger partial charge in [0, 0.05) is 5.02 Å². The largest absolute Gasteiger partial charge is 0.283 e. The van der Waals surface area contributed by atoms with Crippen molar-refractivity contribution in [2.24, 2.45) is 0 Å². The molecule has 0 fully saturated rings. The SMILES string of the molecule is N#CCSc1nn2c(=O)c3ccccc3nc2n1-c1ccc(Cl)cc1. The van der Waals surface area contributed by atoms with Crippen LogP contribution in [0.1, 0.15) is 0 Å². The lowest BCUT2D eigenvalue weighted by molar-refractivity contribution is 0.841. The third-order valence-corrected chi connectivity index (χ3v) is 4.71. The first kappa shape index (κ1) is 15.7. The first-order chi connectivity index (χ1) is 12.2. The lowest BCUT2D eigenvalue weighted by Crippen LogP contribution is -2.16. The lowest BCUT2D eigenvalue weighted by Gasteiger charge is -2.06. The molecule has 0 bridgehead atoms. The maximum atomic E-state index is 12.8. The summed E-state index contributed by atoms with van der Waals surface area (Å²) in [6, 6.07) is 16.4. The molecule has 0 amide bonds. The van der Waals surface area contributed by atoms with E-state index in [9.17, 15) is 4.79 Å². The highest BCUT2D eigenvalue weighted by Gasteiger charge is 2.17. The predicted octanol–water partition coefficient (Wildman–Crippen LogP) is 3.30. The number of hydrogen-bond acceptors (Lipinski definition) is 5. The van der Waals surface area contributed by atoms with Gasteiger partial charge in [-0.1, -0.05) is 35.5 Å². The molecule has 4 rings (SSSR count). The molecule has 4 aromatic rings. The average Bonchev–Trinajstić information content (AvgIpc) is 2.99. The van der Waals surface area contributed by atoms with E-state index in [2.05, 4.69) is 16.2 Å². The van der Waals surface area contributed by atoms with Gasteiger partial charge in [0.1, 0.15) is 0 Å². The van der Waals surface area contributed by atoms with Crippen molar-refractivity contribution in [1.29, 1.82) is 5.26 Å². The molecule has 0 unspecified atom stereocenters. The molecule has 8 heteroatoms. The summed E-state index contributed by atoms with van der Waals surface area (Å²) in [5, 5.41) is 14.9. The molecule has 0 atom stereocenters. The third-order valence-electron chi connectivity index (χ3n) is 3.66. The molecule has 0 spiro atoms. The zero-order chi connectivity index (χ0) is 17.4. The molecule has 6 nitrogen and oxygen atoms in total. The van der Waals surface area contributed by atoms with Crippen molar-refractivity contribution in [1.82, 2.24) is 19.2 Å². The van der Waals surface area contributed by atoms with Crippen molar-refractivity contribution in [3.05, 3.63) is 63.9 Å². The van der Waals surface area contributed by atoms with Crippen LogP contribution >= 0.6 is 23.4 Å². The molecule has 2 aromatic heterocycles. The average molecular weight is 368 g/mol. The number of fused-ring (bicyclic) bond motifs is 2. The zero-order valence-corrected chi connectivity index (χ0v) is 14.3. The predicted molar refractivity (Wildman–Crippen MR) is 97.4 cm³/mol. The van der Waals surface area contributed by atoms with Crippen LogP contribution in [0.15, 0.2) is 58.5 Å². The van der Waals surface area contributed by atoms with Crippen LogP contribution < -0.4 is 5.56 Å². The van der Waals surface area contributed by atoms with Crippen LogP contribution in [-0.2, 0) is 0 Å². The molecular formula is C17H10ClN5OS. The Labute approximate surface area is 151 Å². The molecule has 0 saturated heterocycles. The Balaban J connectivity index is 2.08. The van der Waals surface area contributed by atoms with Gasteiger partial charge in [0.2, 0.25) is 5.78 Å². The van der Waals surface area contributed by atoms with Crippen molar-refractivity contribution in [3.63, 3.8) is 0 Å². The number of aromatic nitrogens is 4. The summed E-state index contributed by atoms with van der Waals surface area (Å²) < 4.78 is 3.03. The number of nitrogens with zero attached hydrogens (tertiary/aromatic N) is 5. The Morgan fingerprint density at radius 1 is 1.16 bits per heavy atom. The molecule has 0 radical (unpaired) electrons. The van der Waals surface area contributed by atoms with Crippen LogP contribution in [0.5, 0.6) is 0 Å². The lowest BCUT2D eigenvalue weighted by atomic mass is 10.2. The van der Waals surface area contributed by atoms with Gasteiger partial charge in [-0.25, -0.2) is 4.98 Å². The number of para-hydroxylation sites is 1. The highest BCUT2D eigenvalue weighted by molar-refractivity contribution is 7.99. The Bertz CT molecular complexity index is 1190. The first-order valence-electron chi connectivity index (χ1n) is 7.35. The van der Waals surface area contributed by atoms with Gasteiger partial charge in [0.05, 0.1) is 28.4 Å². The Morgan fingerprint density at radius 2 is 1.92 bits per heavy atom. The van der Waals surface area contributed by atoms with Gasteiger partial charge in [-0.05, 0) is 36.4 Å². The van der Waals surface area contributed by atoms with Crippen LogP contribution in [0, 0.1) is 11.3 Å². The minimum absolute atomic E-state index is 0.213. The van der Waals surface area contributed by atoms with Gasteiger partial charge >= 0.3 is 0 Å². The molecular weight excluding hydrogens is 358 g/mol. The normalized spacial score (nSPS) is 11.0. The summed E-state index contributed by atoms with van der Waals surface area (Å²) >= 11 is 7.22. The number of hydrogen-bond donors (Lipinski definition) is 0. The summed E-state index contributed by atoms with van der Waals surface area (Å²) in [7, 11) is 0. The van der Waals surface area contributed by atoms with E-state index in [1.54, 1.807) is 34.9 Å². The third kappa shape index (κ3) is 2.65. The van der Waals surface area contributed by atoms with Crippen molar-refractivity contribution < 1.29 is 0 Å². The molecule has 25 heavy (non-hydrogen) atoms. The fourth-order valence-corrected chi connectivity index (χ4v) is 3.34. The van der Waals surface area contributed by atoms with E-state index < -0.39 is 0 Å². The molecule has 122 valence electrons. The number of halogens is 1. The van der Waals surface area contributed by atoms with Gasteiger partial charge in [-0.15, -0.1) is 5.10 Å². The Hall–Kier alpha value is -2.82. The minimum Gasteiger partial charge on any atom is -0.267 e. The van der Waals surface area contributed by atoms with E-state index in [1.807, 2.05) is 18.2 Å². The molecule has 0 aliphatic carbocycles. The highest BCUT2D eigenvalue weighted by Crippen LogP contribution is 2.24. The fraction of sp³-hybridized carbons (Fsp3) is 0.0588. The van der Waals surface area contributed by atoms with E-state index in [0.29, 0.717) is 26.9 Å². The van der Waals surface area contributed by atoms with Crippen molar-refractivity contribution in [2.45, 2.75) is 5.16 Å². The minimum atomic E-state index is -0.243. The van der Waals surface area contributed by atoms with Gasteiger partial charge in [-0.3, -0.25) is 9.36 Å². The van der Waals surface area contributed by atoms with Crippen LogP contribution in [0.25, 0.3) is 22.4 Å². The van der Waals surface area contributed by atoms with E-state index in [-0.39, 0.29) is 11.3 Å². The summed E-state index contributed by atoms with van der Waals surface area (Å²) in [5.74, 6) is 0.608. The van der Waals surface area contributed by atoms with Crippen LogP contribution in [0.2, 0.25) is 5.02 Å². The van der Waals surface area contributed by atoms with E-state index in [4.69, 9.17) is 16.9 Å². The smallest absolute Gasteiger partial charge is 0.267 e. The maximum Gasteiger partial charge on any atom is 0.283 e. The number of benzene rings is 2. The fourth-order valence-electron chi connectivity index (χ4n) is 2.57. The highest BCUT2D eigenvalue weighted by atomic mass is 35.5. The summed E-state index contributed by atoms with van der Waals surface area (Å²) in [4.78, 5) is 17.4. The van der Waals surface area contributed by atoms with Crippen molar-refractivity contribution in [3.8, 4) is 11.8 Å². The number of nitriles is 1. The topological polar surface area (TPSA) is 76.0 Å². The van der Waals surface area contributed by atoms with Crippen LogP contribution in [0.3, 0.4) is 0 Å². The molecule has 2 aromatic carbocycles. The van der Waals surface area contributed by atoms with Crippen molar-refractivity contribution in [2.75, 3.05) is 5.75 Å². The summed E-state index contributed by atoms with van der Waals surface area (Å²) in [5.41, 5.74) is 1.12. The van der Waals surface area contributed by atoms with E-state index >= 15 is 0 Å². The van der Waals surface area contributed by atoms with E-state index in [0.717, 1.165) is 5.69 Å². The van der Waals surface area contributed by atoms with Gasteiger partial charge in [-0.2, -0.15) is 9.78 Å². The van der Waals surface area contributed by atoms with Gasteiger partial charge < -0.3 is 0 Å². The molecule has 0 N–H and O–H groups in total. The van der Waals surface area contributed by atoms with Gasteiger partial charge in [0.25, 0.3) is 5.56 Å². The van der Waals surface area contributed by atoms with E-state index in [1.165, 1.54) is 16.3 Å². The second-order valence-electron chi connectivity index (χ2n) is 5.19. The van der Waals surface area contributed by atoms with Crippen molar-refractivity contribution >= 4 is 40.0 Å². The maximum absolute atomic E-state index is 12.8. The Morgan fingerprint density at radius 3 is 2.68 bits per heavy atom. The first-order valence-corrected chi connectivity index (χ1v) is 8.71. The summed E-state index contributed by atoms with van der Waals surface area (Å²) in [6.07, 6.45) is 0. The monoisotopic (exact) mass is 367 g/mol. The molecule has 2 heterocycles. The second kappa shape index (κ2) is 6.24. The molecule has 0 saturated carbocycles. The number of rotatable bonds is 3. The van der Waals surface area contributed by atoms with Gasteiger partial charge in [0.15, 0.2) is 5.16 Å². The quantitative estimate of drug-likeness (QED) is 0.519. The standard InChI is InChI=1S/C17H10ClN5OS/c18-11-5-7-12(8-6-11)22-16-20-14-4-2-1-3-13(14)15(24)23(16)21-17(22)25-10-9-19/h1-8H,10H2. The zero-order valence-electron chi connectivity index (χ0n) is 12.8. The molecule has 0 aliphatic rings. The summed E-state index contributed by atoms with van der Waals surface area (Å²) in [6.45, 7) is 0. The number of thioether (sulfide) groups is 1. The van der Waals surface area contributed by atoms with Crippen LogP contribution in [0.4, 0.5) is 0 Å². The van der Waals surface area contributed by atoms with Crippen LogP contribution in [-0.4, -0.2) is 24.9 Å².